The highest BCUT2D eigenvalue weighted by molar-refractivity contribution is 9.10. The normalized spacial score (nSPS) is 11.4. The Balaban J connectivity index is 1.32. The van der Waals surface area contributed by atoms with Gasteiger partial charge in [-0.1, -0.05) is 29.8 Å². The molecule has 0 radical (unpaired) electrons. The molecule has 0 bridgehead atoms. The number of aromatic nitrogens is 1. The molecular weight excluding hydrogens is 633 g/mol. The fraction of sp³-hybridized carbons (Fsp3) is 0.148. The molecule has 1 heterocycles. The Morgan fingerprint density at radius 3 is 2.65 bits per heavy atom. The molecule has 0 unspecified atom stereocenters. The van der Waals surface area contributed by atoms with E-state index < -0.39 is 17.6 Å². The molecule has 2 N–H and O–H groups in total. The lowest BCUT2D eigenvalue weighted by Crippen LogP contribution is -2.20. The molecule has 0 spiro atoms. The maximum atomic E-state index is 12.9. The summed E-state index contributed by atoms with van der Waals surface area (Å²) in [6, 6.07) is 15.6. The van der Waals surface area contributed by atoms with Crippen molar-refractivity contribution in [1.29, 1.82) is 0 Å². The van der Waals surface area contributed by atoms with E-state index in [0.717, 1.165) is 17.7 Å². The van der Waals surface area contributed by atoms with Crippen LogP contribution in [0.4, 0.5) is 24.0 Å². The largest absolute Gasteiger partial charge is 0.493 e. The highest BCUT2D eigenvalue weighted by Gasteiger charge is 2.30. The van der Waals surface area contributed by atoms with Gasteiger partial charge in [-0.05, 0) is 64.0 Å². The van der Waals surface area contributed by atoms with Crippen molar-refractivity contribution >= 4 is 61.8 Å². The molecule has 0 aliphatic carbocycles. The minimum atomic E-state index is -4.45. The van der Waals surface area contributed by atoms with Crippen LogP contribution in [-0.4, -0.2) is 24.2 Å². The number of nitrogens with zero attached hydrogens (tertiary/aromatic N) is 2. The number of amides is 1. The molecule has 0 saturated heterocycles. The van der Waals surface area contributed by atoms with Crippen molar-refractivity contribution in [2.75, 3.05) is 12.4 Å². The van der Waals surface area contributed by atoms with E-state index >= 15 is 0 Å². The predicted molar refractivity (Wildman–Crippen MR) is 153 cm³/mol. The number of hydrogen-bond acceptors (Lipinski definition) is 7. The van der Waals surface area contributed by atoms with E-state index in [4.69, 9.17) is 21.1 Å². The van der Waals surface area contributed by atoms with Gasteiger partial charge in [0.25, 0.3) is 0 Å². The van der Waals surface area contributed by atoms with Crippen LogP contribution >= 0.6 is 38.9 Å². The number of carbonyl (C=O) groups excluding carboxylic acids is 1. The fourth-order valence-electron chi connectivity index (χ4n) is 3.38. The number of benzene rings is 3. The Labute approximate surface area is 245 Å². The van der Waals surface area contributed by atoms with Crippen molar-refractivity contribution in [3.05, 3.63) is 97.9 Å². The van der Waals surface area contributed by atoms with Gasteiger partial charge in [-0.3, -0.25) is 4.79 Å². The SMILES string of the molecule is COc1cc(/C=N\NC(=O)Cc2csc(Nc3cccc(C(F)(F)F)c3)n2)c(Br)cc1OCc1ccc(Cl)cc1. The fourth-order valence-corrected chi connectivity index (χ4v) is 4.67. The topological polar surface area (TPSA) is 84.8 Å². The van der Waals surface area contributed by atoms with Gasteiger partial charge in [-0.25, -0.2) is 10.4 Å². The van der Waals surface area contributed by atoms with E-state index in [9.17, 15) is 18.0 Å². The van der Waals surface area contributed by atoms with Crippen LogP contribution in [0.25, 0.3) is 0 Å². The summed E-state index contributed by atoms with van der Waals surface area (Å²) in [4.78, 5) is 16.6. The number of hydrogen-bond donors (Lipinski definition) is 2. The number of ether oxygens (including phenoxy) is 2. The van der Waals surface area contributed by atoms with Gasteiger partial charge >= 0.3 is 6.18 Å². The molecule has 1 amide bonds. The van der Waals surface area contributed by atoms with E-state index in [2.05, 4.69) is 36.8 Å². The second-order valence-corrected chi connectivity index (χ2v) is 10.4. The molecular formula is C27H21BrClF3N4O3S. The Bertz CT molecular complexity index is 1510. The van der Waals surface area contributed by atoms with Crippen LogP contribution in [0.5, 0.6) is 11.5 Å². The van der Waals surface area contributed by atoms with Crippen LogP contribution in [0, 0.1) is 0 Å². The average molecular weight is 654 g/mol. The second-order valence-electron chi connectivity index (χ2n) is 8.26. The quantitative estimate of drug-likeness (QED) is 0.136. The number of rotatable bonds is 10. The molecule has 4 rings (SSSR count). The van der Waals surface area contributed by atoms with E-state index in [0.29, 0.717) is 44.0 Å². The number of hydrazone groups is 1. The van der Waals surface area contributed by atoms with Crippen molar-refractivity contribution in [2.24, 2.45) is 5.10 Å². The Morgan fingerprint density at radius 1 is 1.15 bits per heavy atom. The Hall–Kier alpha value is -3.61. The average Bonchev–Trinajstić information content (AvgIpc) is 3.35. The zero-order chi connectivity index (χ0) is 28.7. The summed E-state index contributed by atoms with van der Waals surface area (Å²) in [7, 11) is 1.52. The third-order valence-corrected chi connectivity index (χ3v) is 7.06. The molecule has 0 saturated carbocycles. The van der Waals surface area contributed by atoms with Gasteiger partial charge in [0.15, 0.2) is 16.6 Å². The van der Waals surface area contributed by atoms with E-state index in [1.807, 2.05) is 12.1 Å². The minimum Gasteiger partial charge on any atom is -0.493 e. The van der Waals surface area contributed by atoms with Crippen molar-refractivity contribution in [2.45, 2.75) is 19.2 Å². The lowest BCUT2D eigenvalue weighted by atomic mass is 10.2. The van der Waals surface area contributed by atoms with Gasteiger partial charge in [-0.15, -0.1) is 11.3 Å². The predicted octanol–water partition coefficient (Wildman–Crippen LogP) is 7.60. The summed E-state index contributed by atoms with van der Waals surface area (Å²) < 4.78 is 50.8. The summed E-state index contributed by atoms with van der Waals surface area (Å²) in [5, 5.41) is 9.48. The first-order chi connectivity index (χ1) is 19.1. The van der Waals surface area contributed by atoms with Crippen molar-refractivity contribution in [3.8, 4) is 11.5 Å². The molecule has 0 fully saturated rings. The first-order valence-electron chi connectivity index (χ1n) is 11.6. The van der Waals surface area contributed by atoms with E-state index in [1.165, 1.54) is 36.8 Å². The van der Waals surface area contributed by atoms with Gasteiger partial charge < -0.3 is 14.8 Å². The number of carbonyl (C=O) groups is 1. The van der Waals surface area contributed by atoms with Gasteiger partial charge in [0, 0.05) is 26.1 Å². The lowest BCUT2D eigenvalue weighted by Gasteiger charge is -2.13. The standard InChI is InChI=1S/C27H21BrClF3N4O3S/c1-38-23-9-17(22(28)12-24(23)39-14-16-5-7-19(29)8-6-16)13-33-36-25(37)11-21-15-40-26(35-21)34-20-4-2-3-18(10-20)27(30,31)32/h2-10,12-13,15H,11,14H2,1H3,(H,34,35)(H,36,37)/b33-13-. The molecule has 40 heavy (non-hydrogen) atoms. The molecule has 1 aromatic heterocycles. The maximum absolute atomic E-state index is 12.9. The van der Waals surface area contributed by atoms with Crippen LogP contribution in [0.1, 0.15) is 22.4 Å². The molecule has 3 aromatic carbocycles. The Kier molecular flexibility index (Phi) is 9.67. The van der Waals surface area contributed by atoms with E-state index in [1.54, 1.807) is 29.6 Å². The van der Waals surface area contributed by atoms with Crippen LogP contribution in [-0.2, 0) is 24.0 Å². The molecule has 208 valence electrons. The smallest absolute Gasteiger partial charge is 0.416 e. The third-order valence-electron chi connectivity index (χ3n) is 5.32. The van der Waals surface area contributed by atoms with E-state index in [-0.39, 0.29) is 12.1 Å². The zero-order valence-electron chi connectivity index (χ0n) is 20.8. The second kappa shape index (κ2) is 13.2. The van der Waals surface area contributed by atoms with Gasteiger partial charge in [0.05, 0.1) is 31.0 Å². The minimum absolute atomic E-state index is 0.0694. The van der Waals surface area contributed by atoms with Crippen LogP contribution in [0.3, 0.4) is 0 Å². The summed E-state index contributed by atoms with van der Waals surface area (Å²) in [6.45, 7) is 0.317. The summed E-state index contributed by atoms with van der Waals surface area (Å²) in [5.41, 5.74) is 3.93. The summed E-state index contributed by atoms with van der Waals surface area (Å²) in [5.74, 6) is 0.579. The van der Waals surface area contributed by atoms with Gasteiger partial charge in [0.1, 0.15) is 6.61 Å². The number of anilines is 2. The van der Waals surface area contributed by atoms with Crippen LogP contribution < -0.4 is 20.2 Å². The first-order valence-corrected chi connectivity index (χ1v) is 13.6. The Morgan fingerprint density at radius 2 is 1.93 bits per heavy atom. The molecule has 0 atom stereocenters. The van der Waals surface area contributed by atoms with Crippen LogP contribution in [0.2, 0.25) is 5.02 Å². The molecule has 13 heteroatoms. The summed E-state index contributed by atoms with van der Waals surface area (Å²) in [6.07, 6.45) is -3.06. The highest BCUT2D eigenvalue weighted by Crippen LogP contribution is 2.34. The highest BCUT2D eigenvalue weighted by atomic mass is 79.9. The molecule has 0 aliphatic rings. The van der Waals surface area contributed by atoms with Crippen molar-refractivity contribution in [3.63, 3.8) is 0 Å². The third kappa shape index (κ3) is 8.20. The number of nitrogens with one attached hydrogen (secondary N) is 2. The van der Waals surface area contributed by atoms with Crippen molar-refractivity contribution in [1.82, 2.24) is 10.4 Å². The number of methoxy groups -OCH3 is 1. The molecule has 4 aromatic rings. The van der Waals surface area contributed by atoms with Gasteiger partial charge in [0.2, 0.25) is 5.91 Å². The number of thiazole rings is 1. The number of halogens is 5. The number of alkyl halides is 3. The first kappa shape index (κ1) is 29.4. The lowest BCUT2D eigenvalue weighted by molar-refractivity contribution is -0.137. The maximum Gasteiger partial charge on any atom is 0.416 e. The van der Waals surface area contributed by atoms with Crippen molar-refractivity contribution < 1.29 is 27.4 Å². The monoisotopic (exact) mass is 652 g/mol. The molecule has 0 aliphatic heterocycles. The van der Waals surface area contributed by atoms with Gasteiger partial charge in [-0.2, -0.15) is 18.3 Å². The zero-order valence-corrected chi connectivity index (χ0v) is 23.9. The van der Waals surface area contributed by atoms with Crippen LogP contribution in [0.15, 0.2) is 75.6 Å². The molecule has 7 nitrogen and oxygen atoms in total. The summed E-state index contributed by atoms with van der Waals surface area (Å²) >= 11 is 10.6.